The highest BCUT2D eigenvalue weighted by atomic mass is 16.5. The van der Waals surface area contributed by atoms with Crippen molar-refractivity contribution in [2.24, 2.45) is 7.05 Å². The monoisotopic (exact) mass is 425 g/mol. The molecule has 4 rings (SSSR count). The number of methoxy groups -OCH3 is 1. The minimum atomic E-state index is -0.520. The molecule has 6 nitrogen and oxygen atoms in total. The lowest BCUT2D eigenvalue weighted by Gasteiger charge is -2.17. The molecule has 0 aliphatic heterocycles. The fourth-order valence-electron chi connectivity index (χ4n) is 3.63. The third-order valence-electron chi connectivity index (χ3n) is 5.18. The second-order valence-corrected chi connectivity index (χ2v) is 7.42. The number of aromatic nitrogens is 2. The molecule has 0 fully saturated rings. The number of nitrogens with one attached hydrogen (secondary N) is 1. The van der Waals surface area contributed by atoms with E-state index in [1.54, 1.807) is 13.1 Å². The van der Waals surface area contributed by atoms with Gasteiger partial charge in [0.1, 0.15) is 11.3 Å². The summed E-state index contributed by atoms with van der Waals surface area (Å²) in [5.74, 6) is -0.00712. The van der Waals surface area contributed by atoms with Gasteiger partial charge in [-0.25, -0.2) is 4.68 Å². The first-order valence-electron chi connectivity index (χ1n) is 10.2. The molecule has 0 spiro atoms. The van der Waals surface area contributed by atoms with E-state index >= 15 is 0 Å². The zero-order valence-electron chi connectivity index (χ0n) is 18.1. The Labute approximate surface area is 186 Å². The molecule has 0 saturated carbocycles. The minimum absolute atomic E-state index is 0.0242. The third kappa shape index (κ3) is 4.03. The molecule has 0 aliphatic carbocycles. The highest BCUT2D eigenvalue weighted by Crippen LogP contribution is 2.33. The van der Waals surface area contributed by atoms with Crippen molar-refractivity contribution >= 4 is 11.6 Å². The number of rotatable bonds is 5. The summed E-state index contributed by atoms with van der Waals surface area (Å²) in [5.41, 5.74) is 3.59. The van der Waals surface area contributed by atoms with Crippen molar-refractivity contribution in [2.45, 2.75) is 6.92 Å². The lowest BCUT2D eigenvalue weighted by atomic mass is 9.95. The van der Waals surface area contributed by atoms with E-state index in [0.29, 0.717) is 22.7 Å². The fraction of sp³-hybridized carbons (Fsp3) is 0.115. The Balaban J connectivity index is 1.96. The zero-order valence-corrected chi connectivity index (χ0v) is 18.1. The van der Waals surface area contributed by atoms with Crippen LogP contribution in [-0.4, -0.2) is 22.8 Å². The van der Waals surface area contributed by atoms with Gasteiger partial charge in [0.25, 0.3) is 11.5 Å². The van der Waals surface area contributed by atoms with Crippen LogP contribution in [0.1, 0.15) is 15.9 Å². The molecule has 1 aromatic heterocycles. The molecule has 4 aromatic rings. The average Bonchev–Trinajstić information content (AvgIpc) is 2.81. The van der Waals surface area contributed by atoms with Crippen LogP contribution >= 0.6 is 0 Å². The van der Waals surface area contributed by atoms with Gasteiger partial charge < -0.3 is 10.1 Å². The van der Waals surface area contributed by atoms with Gasteiger partial charge in [0, 0.05) is 18.2 Å². The van der Waals surface area contributed by atoms with E-state index in [0.717, 1.165) is 16.7 Å². The Morgan fingerprint density at radius 2 is 1.56 bits per heavy atom. The van der Waals surface area contributed by atoms with Gasteiger partial charge in [-0.2, -0.15) is 5.10 Å². The van der Waals surface area contributed by atoms with Crippen LogP contribution in [0, 0.1) is 6.92 Å². The molecule has 1 N–H and O–H groups in total. The van der Waals surface area contributed by atoms with Crippen LogP contribution in [0.25, 0.3) is 22.4 Å². The van der Waals surface area contributed by atoms with Gasteiger partial charge in [-0.1, -0.05) is 66.7 Å². The Morgan fingerprint density at radius 3 is 2.19 bits per heavy atom. The van der Waals surface area contributed by atoms with E-state index in [2.05, 4.69) is 10.4 Å². The number of aryl methyl sites for hydroxylation is 2. The van der Waals surface area contributed by atoms with Crippen molar-refractivity contribution in [2.75, 3.05) is 12.4 Å². The molecule has 1 heterocycles. The highest BCUT2D eigenvalue weighted by Gasteiger charge is 2.25. The van der Waals surface area contributed by atoms with Crippen LogP contribution in [0.2, 0.25) is 0 Å². The van der Waals surface area contributed by atoms with Crippen molar-refractivity contribution in [3.05, 3.63) is 100 Å². The number of carbonyl (C=O) groups is 1. The molecule has 3 aromatic carbocycles. The summed E-state index contributed by atoms with van der Waals surface area (Å²) in [7, 11) is 3.09. The van der Waals surface area contributed by atoms with Crippen LogP contribution in [-0.2, 0) is 7.05 Å². The number of carbonyl (C=O) groups excluding carboxylic acids is 1. The van der Waals surface area contributed by atoms with E-state index in [4.69, 9.17) is 4.74 Å². The maximum Gasteiger partial charge on any atom is 0.280 e. The van der Waals surface area contributed by atoms with Crippen LogP contribution < -0.4 is 15.6 Å². The number of ether oxygens (including phenoxy) is 1. The van der Waals surface area contributed by atoms with Gasteiger partial charge in [-0.15, -0.1) is 0 Å². The first kappa shape index (κ1) is 21.1. The summed E-state index contributed by atoms with van der Waals surface area (Å²) in [6.45, 7) is 1.92. The Kier molecular flexibility index (Phi) is 5.85. The molecule has 0 radical (unpaired) electrons. The minimum Gasteiger partial charge on any atom is -0.495 e. The Morgan fingerprint density at radius 1 is 0.938 bits per heavy atom. The summed E-state index contributed by atoms with van der Waals surface area (Å²) in [5, 5.41) is 7.39. The zero-order chi connectivity index (χ0) is 22.7. The molecular formula is C26H23N3O3. The van der Waals surface area contributed by atoms with Gasteiger partial charge >= 0.3 is 0 Å². The van der Waals surface area contributed by atoms with Crippen LogP contribution in [0.3, 0.4) is 0 Å². The van der Waals surface area contributed by atoms with E-state index in [9.17, 15) is 9.59 Å². The molecule has 0 aliphatic rings. The van der Waals surface area contributed by atoms with E-state index in [-0.39, 0.29) is 5.56 Å². The summed E-state index contributed by atoms with van der Waals surface area (Å²) < 4.78 is 6.59. The van der Waals surface area contributed by atoms with Crippen molar-refractivity contribution in [1.29, 1.82) is 0 Å². The van der Waals surface area contributed by atoms with E-state index in [1.165, 1.54) is 11.8 Å². The van der Waals surface area contributed by atoms with Gasteiger partial charge in [0.15, 0.2) is 0 Å². The molecule has 32 heavy (non-hydrogen) atoms. The van der Waals surface area contributed by atoms with Crippen LogP contribution in [0.5, 0.6) is 5.75 Å². The number of anilines is 1. The fourth-order valence-corrected chi connectivity index (χ4v) is 3.63. The maximum atomic E-state index is 13.5. The van der Waals surface area contributed by atoms with Crippen LogP contribution in [0.15, 0.2) is 83.7 Å². The third-order valence-corrected chi connectivity index (χ3v) is 5.18. The Hall–Kier alpha value is -4.19. The SMILES string of the molecule is COc1ccc(C)cc1NC(=O)c1c(-c2ccccc2)c(-c2ccccc2)nn(C)c1=O. The smallest absolute Gasteiger partial charge is 0.280 e. The number of nitrogens with zero attached hydrogens (tertiary/aromatic N) is 2. The molecule has 0 bridgehead atoms. The lowest BCUT2D eigenvalue weighted by Crippen LogP contribution is -2.31. The van der Waals surface area contributed by atoms with Crippen molar-refractivity contribution in [1.82, 2.24) is 9.78 Å². The molecule has 0 saturated heterocycles. The van der Waals surface area contributed by atoms with Gasteiger partial charge in [-0.05, 0) is 30.2 Å². The first-order chi connectivity index (χ1) is 15.5. The number of hydrogen-bond donors (Lipinski definition) is 1. The Bertz CT molecular complexity index is 1330. The van der Waals surface area contributed by atoms with Gasteiger partial charge in [-0.3, -0.25) is 9.59 Å². The second kappa shape index (κ2) is 8.89. The maximum absolute atomic E-state index is 13.5. The highest BCUT2D eigenvalue weighted by molar-refractivity contribution is 6.10. The molecule has 0 unspecified atom stereocenters. The van der Waals surface area contributed by atoms with Gasteiger partial charge in [0.05, 0.1) is 18.5 Å². The number of hydrogen-bond acceptors (Lipinski definition) is 4. The first-order valence-corrected chi connectivity index (χ1v) is 10.2. The largest absolute Gasteiger partial charge is 0.495 e. The quantitative estimate of drug-likeness (QED) is 0.504. The molecule has 0 atom stereocenters. The normalized spacial score (nSPS) is 10.6. The average molecular weight is 425 g/mol. The predicted molar refractivity (Wildman–Crippen MR) is 126 cm³/mol. The molecule has 6 heteroatoms. The van der Waals surface area contributed by atoms with Crippen LogP contribution in [0.4, 0.5) is 5.69 Å². The van der Waals surface area contributed by atoms with Crippen molar-refractivity contribution in [3.8, 4) is 28.1 Å². The molecule has 160 valence electrons. The standard InChI is InChI=1S/C26H23N3O3/c1-17-14-15-21(32-3)20(16-17)27-25(30)23-22(18-10-6-4-7-11-18)24(28-29(2)26(23)31)19-12-8-5-9-13-19/h4-16H,1-3H3,(H,27,30). The predicted octanol–water partition coefficient (Wildman–Crippen LogP) is 4.68. The molecular weight excluding hydrogens is 402 g/mol. The molecule has 1 amide bonds. The van der Waals surface area contributed by atoms with Crippen molar-refractivity contribution < 1.29 is 9.53 Å². The summed E-state index contributed by atoms with van der Waals surface area (Å²) in [6, 6.07) is 24.4. The van der Waals surface area contributed by atoms with E-state index in [1.807, 2.05) is 79.7 Å². The van der Waals surface area contributed by atoms with Gasteiger partial charge in [0.2, 0.25) is 0 Å². The summed E-state index contributed by atoms with van der Waals surface area (Å²) >= 11 is 0. The summed E-state index contributed by atoms with van der Waals surface area (Å²) in [6.07, 6.45) is 0. The lowest BCUT2D eigenvalue weighted by molar-refractivity contribution is 0.102. The topological polar surface area (TPSA) is 73.2 Å². The number of benzene rings is 3. The van der Waals surface area contributed by atoms with E-state index < -0.39 is 11.5 Å². The number of amides is 1. The second-order valence-electron chi connectivity index (χ2n) is 7.42. The van der Waals surface area contributed by atoms with Crippen molar-refractivity contribution in [3.63, 3.8) is 0 Å². The summed E-state index contributed by atoms with van der Waals surface area (Å²) in [4.78, 5) is 26.7.